The number of carbonyl (C=O) groups is 1. The summed E-state index contributed by atoms with van der Waals surface area (Å²) in [5, 5.41) is 0. The Morgan fingerprint density at radius 1 is 0.810 bits per heavy atom. The Morgan fingerprint density at radius 2 is 1.43 bits per heavy atom. The first-order valence-corrected chi connectivity index (χ1v) is 15.7. The quantitative estimate of drug-likeness (QED) is 0.169. The van der Waals surface area contributed by atoms with Crippen molar-refractivity contribution in [2.45, 2.75) is 50.5 Å². The zero-order chi connectivity index (χ0) is 30.3. The second-order valence-corrected chi connectivity index (χ2v) is 13.0. The average Bonchev–Trinajstić information content (AvgIpc) is 2.97. The zero-order valence-electron chi connectivity index (χ0n) is 25.0. The number of rotatable bonds is 13. The molecule has 6 nitrogen and oxygen atoms in total. The molecule has 1 N–H and O–H groups in total. The molecule has 1 unspecified atom stereocenters. The summed E-state index contributed by atoms with van der Waals surface area (Å²) in [5.74, 6) is 1.53. The first kappa shape index (κ1) is 31.2. The number of nitrogens with one attached hydrogen (secondary N) is 1. The first-order chi connectivity index (χ1) is 20.1. The first-order valence-electron chi connectivity index (χ1n) is 14.2. The fraction of sp³-hybridized carbons (Fsp3) is 0.286. The van der Waals surface area contributed by atoms with Crippen molar-refractivity contribution in [2.75, 3.05) is 20.6 Å². The summed E-state index contributed by atoms with van der Waals surface area (Å²) in [6, 6.07) is 28.8. The van der Waals surface area contributed by atoms with Gasteiger partial charge in [0.05, 0.1) is 4.90 Å². The van der Waals surface area contributed by atoms with E-state index in [0.717, 1.165) is 57.7 Å². The van der Waals surface area contributed by atoms with Gasteiger partial charge in [0.1, 0.15) is 17.8 Å². The van der Waals surface area contributed by atoms with Crippen LogP contribution in [0.1, 0.15) is 54.9 Å². The fourth-order valence-electron chi connectivity index (χ4n) is 5.07. The van der Waals surface area contributed by atoms with Gasteiger partial charge in [-0.15, -0.1) is 0 Å². The zero-order valence-corrected chi connectivity index (χ0v) is 25.8. The normalized spacial score (nSPS) is 12.5. The predicted molar refractivity (Wildman–Crippen MR) is 170 cm³/mol. The lowest BCUT2D eigenvalue weighted by atomic mass is 9.83. The van der Waals surface area contributed by atoms with Crippen LogP contribution in [-0.4, -0.2) is 40.2 Å². The van der Waals surface area contributed by atoms with Gasteiger partial charge in [-0.3, -0.25) is 0 Å². The van der Waals surface area contributed by atoms with Crippen LogP contribution >= 0.6 is 0 Å². The molecule has 0 amide bonds. The van der Waals surface area contributed by atoms with Crippen LogP contribution in [0.4, 0.5) is 0 Å². The predicted octanol–water partition coefficient (Wildman–Crippen LogP) is 7.15. The summed E-state index contributed by atoms with van der Waals surface area (Å²) in [6.45, 7) is 7.17. The van der Waals surface area contributed by atoms with Crippen LogP contribution in [0.3, 0.4) is 0 Å². The molecule has 0 spiro atoms. The third kappa shape index (κ3) is 7.94. The molecular formula is C35H40N2O4S. The van der Waals surface area contributed by atoms with E-state index < -0.39 is 10.0 Å². The maximum Gasteiger partial charge on any atom is 0.240 e. The maximum atomic E-state index is 13.1. The summed E-state index contributed by atoms with van der Waals surface area (Å²) in [7, 11) is 0.248. The second-order valence-electron chi connectivity index (χ2n) is 11.2. The molecule has 0 bridgehead atoms. The van der Waals surface area contributed by atoms with Crippen LogP contribution in [0.15, 0.2) is 95.9 Å². The molecule has 0 saturated carbocycles. The fourth-order valence-corrected chi connectivity index (χ4v) is 6.20. The maximum absolute atomic E-state index is 13.1. The molecule has 0 aliphatic carbocycles. The minimum Gasteiger partial charge on any atom is -0.457 e. The highest BCUT2D eigenvalue weighted by molar-refractivity contribution is 7.89. The largest absolute Gasteiger partial charge is 0.457 e. The molecular weight excluding hydrogens is 544 g/mol. The van der Waals surface area contributed by atoms with Crippen molar-refractivity contribution in [2.24, 2.45) is 0 Å². The lowest BCUT2D eigenvalue weighted by Gasteiger charge is -2.23. The Labute approximate surface area is 250 Å². The molecule has 0 radical (unpaired) electrons. The number of nitrogens with zero attached hydrogens (tertiary/aromatic N) is 1. The Hall–Kier alpha value is -3.78. The van der Waals surface area contributed by atoms with Gasteiger partial charge in [0, 0.05) is 19.5 Å². The molecule has 0 fully saturated rings. The Kier molecular flexibility index (Phi) is 10.3. The van der Waals surface area contributed by atoms with Gasteiger partial charge in [0.25, 0.3) is 0 Å². The van der Waals surface area contributed by atoms with Gasteiger partial charge < -0.3 is 14.4 Å². The molecule has 0 aromatic heterocycles. The van der Waals surface area contributed by atoms with Gasteiger partial charge in [-0.2, -0.15) is 0 Å². The number of hydrogen-bond acceptors (Lipinski definition) is 5. The van der Waals surface area contributed by atoms with Crippen molar-refractivity contribution >= 4 is 16.3 Å². The van der Waals surface area contributed by atoms with E-state index in [0.29, 0.717) is 0 Å². The van der Waals surface area contributed by atoms with E-state index in [2.05, 4.69) is 30.7 Å². The van der Waals surface area contributed by atoms with Gasteiger partial charge >= 0.3 is 0 Å². The molecule has 1 atom stereocenters. The van der Waals surface area contributed by atoms with Crippen LogP contribution in [0, 0.1) is 0 Å². The molecule has 4 aromatic rings. The van der Waals surface area contributed by atoms with Crippen LogP contribution in [0.25, 0.3) is 11.1 Å². The van der Waals surface area contributed by atoms with E-state index >= 15 is 0 Å². The summed E-state index contributed by atoms with van der Waals surface area (Å²) in [6.07, 6.45) is 1.20. The van der Waals surface area contributed by atoms with Crippen molar-refractivity contribution in [1.82, 2.24) is 9.62 Å². The van der Waals surface area contributed by atoms with E-state index in [1.165, 1.54) is 0 Å². The summed E-state index contributed by atoms with van der Waals surface area (Å²) in [4.78, 5) is 14.0. The Morgan fingerprint density at radius 3 is 2.02 bits per heavy atom. The van der Waals surface area contributed by atoms with Crippen molar-refractivity contribution in [3.05, 3.63) is 113 Å². The monoisotopic (exact) mass is 584 g/mol. The van der Waals surface area contributed by atoms with Gasteiger partial charge in [0.2, 0.25) is 10.0 Å². The van der Waals surface area contributed by atoms with E-state index in [1.807, 2.05) is 92.6 Å². The van der Waals surface area contributed by atoms with E-state index in [1.54, 1.807) is 12.1 Å². The van der Waals surface area contributed by atoms with Gasteiger partial charge in [-0.05, 0) is 95.7 Å². The van der Waals surface area contributed by atoms with Crippen LogP contribution < -0.4 is 9.46 Å². The van der Waals surface area contributed by atoms with Crippen LogP contribution in [0.5, 0.6) is 11.5 Å². The number of sulfonamides is 1. The highest BCUT2D eigenvalue weighted by Gasteiger charge is 2.21. The van der Waals surface area contributed by atoms with E-state index in [9.17, 15) is 13.2 Å². The lowest BCUT2D eigenvalue weighted by molar-refractivity contribution is -0.107. The molecule has 0 saturated heterocycles. The second kappa shape index (κ2) is 13.9. The average molecular weight is 585 g/mol. The molecule has 220 valence electrons. The lowest BCUT2D eigenvalue weighted by Crippen LogP contribution is -2.28. The number of para-hydroxylation sites is 1. The van der Waals surface area contributed by atoms with Crippen molar-refractivity contribution in [3.8, 4) is 22.6 Å². The molecule has 0 heterocycles. The highest BCUT2D eigenvalue weighted by atomic mass is 32.2. The van der Waals surface area contributed by atoms with E-state index in [4.69, 9.17) is 4.74 Å². The number of carbonyl (C=O) groups excluding carboxylic acids is 1. The van der Waals surface area contributed by atoms with E-state index in [-0.39, 0.29) is 29.7 Å². The molecule has 4 rings (SSSR count). The van der Waals surface area contributed by atoms with Gasteiger partial charge in [-0.1, -0.05) is 75.4 Å². The summed E-state index contributed by atoms with van der Waals surface area (Å²) < 4.78 is 35.1. The summed E-state index contributed by atoms with van der Waals surface area (Å²) in [5.41, 5.74) is 6.10. The third-order valence-corrected chi connectivity index (χ3v) is 8.68. The number of aldehydes is 1. The number of ether oxygens (including phenoxy) is 1. The van der Waals surface area contributed by atoms with Gasteiger partial charge in [-0.25, -0.2) is 13.1 Å². The summed E-state index contributed by atoms with van der Waals surface area (Å²) >= 11 is 0. The topological polar surface area (TPSA) is 75.7 Å². The minimum atomic E-state index is -3.70. The highest BCUT2D eigenvalue weighted by Crippen LogP contribution is 2.35. The molecule has 7 heteroatoms. The molecule has 0 aliphatic rings. The van der Waals surface area contributed by atoms with Crippen LogP contribution in [-0.2, 0) is 27.8 Å². The SMILES string of the molecule is CC(C)c1cc(-c2ccc(Oc3ccccc3)cc2)cc(C(C)CNS(=O)(=O)c2ccc(CN(C)C)cc2)c1CC=O. The van der Waals surface area contributed by atoms with Crippen LogP contribution in [0.2, 0.25) is 0 Å². The van der Waals surface area contributed by atoms with Crippen molar-refractivity contribution in [1.29, 1.82) is 0 Å². The minimum absolute atomic E-state index is 0.166. The molecule has 4 aromatic carbocycles. The third-order valence-electron chi connectivity index (χ3n) is 7.24. The van der Waals surface area contributed by atoms with Gasteiger partial charge in [0.15, 0.2) is 0 Å². The smallest absolute Gasteiger partial charge is 0.240 e. The number of hydrogen-bond donors (Lipinski definition) is 1. The Bertz CT molecular complexity index is 1580. The Balaban J connectivity index is 1.60. The van der Waals surface area contributed by atoms with Crippen molar-refractivity contribution < 1.29 is 17.9 Å². The molecule has 42 heavy (non-hydrogen) atoms. The number of benzene rings is 4. The van der Waals surface area contributed by atoms with Crippen molar-refractivity contribution in [3.63, 3.8) is 0 Å². The standard InChI is InChI=1S/C35H40N2O4S/c1-25(2)34-21-29(28-13-15-31(16-14-28)41-30-9-7-6-8-10-30)22-35(33(34)19-20-38)26(3)23-36-42(39,40)32-17-11-27(12-18-32)24-37(4)5/h6-18,20-22,25-26,36H,19,23-24H2,1-5H3. The molecule has 0 aliphatic heterocycles.